The molecule has 1 heterocycles. The molecule has 0 unspecified atom stereocenters. The van der Waals surface area contributed by atoms with Crippen LogP contribution in [0.2, 0.25) is 0 Å². The molecule has 1 aliphatic carbocycles. The summed E-state index contributed by atoms with van der Waals surface area (Å²) in [6, 6.07) is 2.00. The van der Waals surface area contributed by atoms with Crippen molar-refractivity contribution in [3.63, 3.8) is 0 Å². The summed E-state index contributed by atoms with van der Waals surface area (Å²) < 4.78 is 29.7. The number of hydrogen-bond donors (Lipinski definition) is 2. The smallest absolute Gasteiger partial charge is 0.242 e. The molecule has 5 nitrogen and oxygen atoms in total. The predicted molar refractivity (Wildman–Crippen MR) is 84.7 cm³/mol. The van der Waals surface area contributed by atoms with E-state index in [-0.39, 0.29) is 11.5 Å². The van der Waals surface area contributed by atoms with Crippen LogP contribution in [-0.2, 0) is 16.6 Å². The lowest BCUT2D eigenvalue weighted by molar-refractivity contribution is 0.166. The Hall–Kier alpha value is -0.850. The van der Waals surface area contributed by atoms with E-state index >= 15 is 0 Å². The van der Waals surface area contributed by atoms with Gasteiger partial charge in [0.25, 0.3) is 0 Å². The van der Waals surface area contributed by atoms with Crippen molar-refractivity contribution in [3.8, 4) is 0 Å². The SMILES string of the molecule is CNCc1cc(S(=O)(=O)NCC2(C)CCC2)cn1C(C)C. The quantitative estimate of drug-likeness (QED) is 0.811. The Morgan fingerprint density at radius 2 is 2.05 bits per heavy atom. The van der Waals surface area contributed by atoms with E-state index in [9.17, 15) is 8.42 Å². The Labute approximate surface area is 128 Å². The Balaban J connectivity index is 2.17. The van der Waals surface area contributed by atoms with Gasteiger partial charge in [0.15, 0.2) is 0 Å². The summed E-state index contributed by atoms with van der Waals surface area (Å²) in [6.07, 6.45) is 5.15. The third kappa shape index (κ3) is 3.67. The van der Waals surface area contributed by atoms with Crippen LogP contribution in [0, 0.1) is 5.41 Å². The van der Waals surface area contributed by atoms with Crippen molar-refractivity contribution in [2.45, 2.75) is 57.5 Å². The molecular formula is C15H27N3O2S. The predicted octanol–water partition coefficient (Wildman–Crippen LogP) is 2.26. The van der Waals surface area contributed by atoms with Gasteiger partial charge in [0, 0.05) is 31.0 Å². The first-order valence-electron chi connectivity index (χ1n) is 7.62. The third-order valence-corrected chi connectivity index (χ3v) is 5.75. The van der Waals surface area contributed by atoms with Gasteiger partial charge in [-0.2, -0.15) is 0 Å². The summed E-state index contributed by atoms with van der Waals surface area (Å²) in [4.78, 5) is 0.365. The molecule has 0 amide bonds. The standard InChI is InChI=1S/C15H27N3O2S/c1-12(2)18-10-14(8-13(18)9-16-4)21(19,20)17-11-15(3)6-5-7-15/h8,10,12,16-17H,5-7,9,11H2,1-4H3. The lowest BCUT2D eigenvalue weighted by Gasteiger charge is -2.38. The molecule has 120 valence electrons. The summed E-state index contributed by atoms with van der Waals surface area (Å²) in [5, 5.41) is 3.08. The number of hydrogen-bond acceptors (Lipinski definition) is 3. The van der Waals surface area contributed by atoms with Gasteiger partial charge in [0.1, 0.15) is 0 Å². The first-order valence-corrected chi connectivity index (χ1v) is 9.11. The summed E-state index contributed by atoms with van der Waals surface area (Å²) in [5.41, 5.74) is 1.13. The minimum atomic E-state index is -3.42. The van der Waals surface area contributed by atoms with Crippen molar-refractivity contribution in [1.29, 1.82) is 0 Å². The molecule has 0 saturated heterocycles. The molecule has 21 heavy (non-hydrogen) atoms. The number of nitrogens with zero attached hydrogens (tertiary/aromatic N) is 1. The van der Waals surface area contributed by atoms with Crippen molar-refractivity contribution >= 4 is 10.0 Å². The van der Waals surface area contributed by atoms with Crippen LogP contribution in [-0.4, -0.2) is 26.6 Å². The molecule has 0 atom stereocenters. The normalized spacial score (nSPS) is 18.0. The van der Waals surface area contributed by atoms with Crippen molar-refractivity contribution in [3.05, 3.63) is 18.0 Å². The van der Waals surface area contributed by atoms with Crippen LogP contribution in [0.4, 0.5) is 0 Å². The van der Waals surface area contributed by atoms with Crippen LogP contribution >= 0.6 is 0 Å². The highest BCUT2D eigenvalue weighted by molar-refractivity contribution is 7.89. The Morgan fingerprint density at radius 1 is 1.38 bits per heavy atom. The largest absolute Gasteiger partial charge is 0.346 e. The topological polar surface area (TPSA) is 63.1 Å². The van der Waals surface area contributed by atoms with Gasteiger partial charge in [-0.1, -0.05) is 13.3 Å². The molecule has 1 aliphatic rings. The average molecular weight is 313 g/mol. The molecule has 0 aliphatic heterocycles. The molecule has 1 aromatic heterocycles. The Morgan fingerprint density at radius 3 is 2.52 bits per heavy atom. The maximum absolute atomic E-state index is 12.5. The van der Waals surface area contributed by atoms with E-state index < -0.39 is 10.0 Å². The summed E-state index contributed by atoms with van der Waals surface area (Å²) in [5.74, 6) is 0. The second-order valence-corrected chi connectivity index (χ2v) is 8.45. The lowest BCUT2D eigenvalue weighted by Crippen LogP contribution is -2.39. The maximum Gasteiger partial charge on any atom is 0.242 e. The van der Waals surface area contributed by atoms with Crippen molar-refractivity contribution in [2.75, 3.05) is 13.6 Å². The zero-order valence-corrected chi connectivity index (χ0v) is 14.3. The number of sulfonamides is 1. The molecular weight excluding hydrogens is 286 g/mol. The van der Waals surface area contributed by atoms with Crippen molar-refractivity contribution in [2.24, 2.45) is 5.41 Å². The van der Waals surface area contributed by atoms with Gasteiger partial charge in [-0.3, -0.25) is 0 Å². The van der Waals surface area contributed by atoms with E-state index in [1.165, 1.54) is 6.42 Å². The molecule has 2 rings (SSSR count). The summed E-state index contributed by atoms with van der Waals surface area (Å²) in [6.45, 7) is 7.44. The van der Waals surface area contributed by atoms with E-state index in [0.717, 1.165) is 18.5 Å². The molecule has 0 bridgehead atoms. The van der Waals surface area contributed by atoms with Crippen molar-refractivity contribution < 1.29 is 8.42 Å². The lowest BCUT2D eigenvalue weighted by atomic mass is 9.71. The maximum atomic E-state index is 12.5. The third-order valence-electron chi connectivity index (χ3n) is 4.38. The highest BCUT2D eigenvalue weighted by Gasteiger charge is 2.33. The fraction of sp³-hybridized carbons (Fsp3) is 0.733. The minimum Gasteiger partial charge on any atom is -0.346 e. The van der Waals surface area contributed by atoms with Gasteiger partial charge < -0.3 is 9.88 Å². The zero-order valence-electron chi connectivity index (χ0n) is 13.4. The molecule has 1 fully saturated rings. The first-order chi connectivity index (χ1) is 9.77. The van der Waals surface area contributed by atoms with Gasteiger partial charge in [-0.15, -0.1) is 0 Å². The van der Waals surface area contributed by atoms with Gasteiger partial charge in [-0.05, 0) is 45.2 Å². The molecule has 0 spiro atoms. The molecule has 0 aromatic carbocycles. The van der Waals surface area contributed by atoms with E-state index in [1.54, 1.807) is 12.3 Å². The minimum absolute atomic E-state index is 0.140. The van der Waals surface area contributed by atoms with Crippen LogP contribution in [0.1, 0.15) is 51.8 Å². The first kappa shape index (κ1) is 16.5. The highest BCUT2D eigenvalue weighted by Crippen LogP contribution is 2.39. The van der Waals surface area contributed by atoms with Gasteiger partial charge in [0.05, 0.1) is 4.90 Å². The summed E-state index contributed by atoms with van der Waals surface area (Å²) in [7, 11) is -1.56. The Bertz CT molecular complexity index is 586. The fourth-order valence-corrected chi connectivity index (χ4v) is 4.01. The second kappa shape index (κ2) is 6.10. The monoisotopic (exact) mass is 313 g/mol. The van der Waals surface area contributed by atoms with Gasteiger partial charge in [-0.25, -0.2) is 13.1 Å². The van der Waals surface area contributed by atoms with Crippen LogP contribution in [0.15, 0.2) is 17.2 Å². The molecule has 1 aromatic rings. The molecule has 1 saturated carbocycles. The fourth-order valence-electron chi connectivity index (χ4n) is 2.76. The second-order valence-electron chi connectivity index (χ2n) is 6.69. The average Bonchev–Trinajstić information content (AvgIpc) is 2.80. The van der Waals surface area contributed by atoms with E-state index in [2.05, 4.69) is 30.8 Å². The summed E-state index contributed by atoms with van der Waals surface area (Å²) >= 11 is 0. The van der Waals surface area contributed by atoms with E-state index in [1.807, 2.05) is 11.6 Å². The van der Waals surface area contributed by atoms with Crippen LogP contribution < -0.4 is 10.0 Å². The van der Waals surface area contributed by atoms with Gasteiger partial charge in [0.2, 0.25) is 10.0 Å². The highest BCUT2D eigenvalue weighted by atomic mass is 32.2. The van der Waals surface area contributed by atoms with Crippen LogP contribution in [0.3, 0.4) is 0 Å². The number of aromatic nitrogens is 1. The number of nitrogens with one attached hydrogen (secondary N) is 2. The van der Waals surface area contributed by atoms with Crippen molar-refractivity contribution in [1.82, 2.24) is 14.6 Å². The van der Waals surface area contributed by atoms with E-state index in [4.69, 9.17) is 0 Å². The molecule has 0 radical (unpaired) electrons. The molecule has 6 heteroatoms. The van der Waals surface area contributed by atoms with Crippen LogP contribution in [0.5, 0.6) is 0 Å². The van der Waals surface area contributed by atoms with Gasteiger partial charge >= 0.3 is 0 Å². The Kier molecular flexibility index (Phi) is 4.80. The molecule has 2 N–H and O–H groups in total. The zero-order chi connectivity index (χ0) is 15.7. The number of rotatable bonds is 7. The van der Waals surface area contributed by atoms with Crippen LogP contribution in [0.25, 0.3) is 0 Å². The van der Waals surface area contributed by atoms with E-state index in [0.29, 0.717) is 18.0 Å².